The van der Waals surface area contributed by atoms with Gasteiger partial charge in [-0.3, -0.25) is 20.4 Å². The molecule has 0 spiro atoms. The molecule has 8 heteroatoms. The summed E-state index contributed by atoms with van der Waals surface area (Å²) in [6.45, 7) is 0. The maximum Gasteiger partial charge on any atom is 0.269 e. The highest BCUT2D eigenvalue weighted by Crippen LogP contribution is 2.34. The number of carbonyl (C=O) groups excluding carboxylic acids is 2. The van der Waals surface area contributed by atoms with Crippen LogP contribution in [0, 0.1) is 5.82 Å². The standard InChI is InChI=1S/C20H13FN2O4S/c21-13-6-8-14(9-7-13)22-23-20(25)12-5-10-16-18(11-12)28(26,27)17-4-2-1-3-15(17)19(16)24/h1-11,22H,(H,23,25). The number of carbonyl (C=O) groups is 2. The van der Waals surface area contributed by atoms with Gasteiger partial charge in [0.2, 0.25) is 9.84 Å². The first-order valence-corrected chi connectivity index (χ1v) is 9.71. The Kier molecular flexibility index (Phi) is 4.20. The van der Waals surface area contributed by atoms with Gasteiger partial charge < -0.3 is 0 Å². The molecule has 1 aliphatic heterocycles. The Labute approximate surface area is 159 Å². The van der Waals surface area contributed by atoms with Crippen molar-refractivity contribution in [1.29, 1.82) is 0 Å². The molecule has 4 rings (SSSR count). The van der Waals surface area contributed by atoms with Crippen LogP contribution in [0.3, 0.4) is 0 Å². The highest BCUT2D eigenvalue weighted by Gasteiger charge is 2.34. The van der Waals surface area contributed by atoms with Crippen LogP contribution in [0.15, 0.2) is 76.5 Å². The van der Waals surface area contributed by atoms with Gasteiger partial charge in [0.1, 0.15) is 5.82 Å². The number of rotatable bonds is 3. The third-order valence-electron chi connectivity index (χ3n) is 4.36. The van der Waals surface area contributed by atoms with Gasteiger partial charge in [-0.25, -0.2) is 12.8 Å². The summed E-state index contributed by atoms with van der Waals surface area (Å²) in [4.78, 5) is 24.7. The number of hydrogen-bond acceptors (Lipinski definition) is 5. The van der Waals surface area contributed by atoms with Crippen LogP contribution in [0.1, 0.15) is 26.3 Å². The predicted molar refractivity (Wildman–Crippen MR) is 99.3 cm³/mol. The monoisotopic (exact) mass is 396 g/mol. The van der Waals surface area contributed by atoms with E-state index in [-0.39, 0.29) is 26.5 Å². The molecule has 0 saturated carbocycles. The van der Waals surface area contributed by atoms with E-state index in [1.54, 1.807) is 6.07 Å². The Morgan fingerprint density at radius 3 is 2.29 bits per heavy atom. The number of fused-ring (bicyclic) bond motifs is 2. The molecule has 1 aliphatic rings. The normalized spacial score (nSPS) is 14.0. The lowest BCUT2D eigenvalue weighted by Crippen LogP contribution is -2.30. The van der Waals surface area contributed by atoms with Gasteiger partial charge in [-0.1, -0.05) is 12.1 Å². The minimum atomic E-state index is -3.93. The Morgan fingerprint density at radius 2 is 1.54 bits per heavy atom. The first-order valence-electron chi connectivity index (χ1n) is 8.23. The van der Waals surface area contributed by atoms with Crippen molar-refractivity contribution < 1.29 is 22.4 Å². The number of hydrogen-bond donors (Lipinski definition) is 2. The van der Waals surface area contributed by atoms with E-state index in [9.17, 15) is 22.4 Å². The van der Waals surface area contributed by atoms with Gasteiger partial charge >= 0.3 is 0 Å². The average molecular weight is 396 g/mol. The van der Waals surface area contributed by atoms with Crippen molar-refractivity contribution in [2.45, 2.75) is 9.79 Å². The Balaban J connectivity index is 1.65. The summed E-state index contributed by atoms with van der Waals surface area (Å²) in [7, 11) is -3.93. The maximum atomic E-state index is 12.9. The van der Waals surface area contributed by atoms with E-state index in [0.717, 1.165) is 0 Å². The second-order valence-electron chi connectivity index (χ2n) is 6.13. The van der Waals surface area contributed by atoms with Gasteiger partial charge in [-0.15, -0.1) is 0 Å². The zero-order chi connectivity index (χ0) is 19.9. The summed E-state index contributed by atoms with van der Waals surface area (Å²) < 4.78 is 38.7. The van der Waals surface area contributed by atoms with Crippen molar-refractivity contribution in [1.82, 2.24) is 5.43 Å². The van der Waals surface area contributed by atoms with Crippen molar-refractivity contribution in [3.63, 3.8) is 0 Å². The molecule has 3 aromatic rings. The maximum absolute atomic E-state index is 12.9. The van der Waals surface area contributed by atoms with E-state index in [1.165, 1.54) is 60.7 Å². The second-order valence-corrected chi connectivity index (χ2v) is 8.01. The van der Waals surface area contributed by atoms with Gasteiger partial charge in [-0.2, -0.15) is 0 Å². The Morgan fingerprint density at radius 1 is 0.857 bits per heavy atom. The largest absolute Gasteiger partial charge is 0.298 e. The van der Waals surface area contributed by atoms with E-state index in [2.05, 4.69) is 10.9 Å². The van der Waals surface area contributed by atoms with Crippen LogP contribution in [-0.4, -0.2) is 20.1 Å². The molecule has 28 heavy (non-hydrogen) atoms. The molecular formula is C20H13FN2O4S. The van der Waals surface area contributed by atoms with Gasteiger partial charge in [0.25, 0.3) is 5.91 Å². The highest BCUT2D eigenvalue weighted by molar-refractivity contribution is 7.91. The highest BCUT2D eigenvalue weighted by atomic mass is 32.2. The molecule has 0 fully saturated rings. The summed E-state index contributed by atoms with van der Waals surface area (Å²) in [5.74, 6) is -1.42. The third kappa shape index (κ3) is 2.93. The number of nitrogens with one attached hydrogen (secondary N) is 2. The van der Waals surface area contributed by atoms with Crippen molar-refractivity contribution in [2.24, 2.45) is 0 Å². The number of anilines is 1. The van der Waals surface area contributed by atoms with Crippen LogP contribution in [0.5, 0.6) is 0 Å². The molecule has 0 atom stereocenters. The number of hydrazine groups is 1. The molecular weight excluding hydrogens is 383 g/mol. The number of benzene rings is 3. The Bertz CT molecular complexity index is 1220. The first-order chi connectivity index (χ1) is 13.4. The van der Waals surface area contributed by atoms with Gasteiger partial charge in [0, 0.05) is 16.7 Å². The molecule has 0 saturated heterocycles. The molecule has 6 nitrogen and oxygen atoms in total. The van der Waals surface area contributed by atoms with Crippen LogP contribution in [-0.2, 0) is 9.84 Å². The van der Waals surface area contributed by atoms with Gasteiger partial charge in [-0.05, 0) is 54.6 Å². The quantitative estimate of drug-likeness (QED) is 0.520. The zero-order valence-corrected chi connectivity index (χ0v) is 15.1. The Hall–Kier alpha value is -3.52. The lowest BCUT2D eigenvalue weighted by atomic mass is 10.0. The molecule has 0 radical (unpaired) electrons. The van der Waals surface area contributed by atoms with Gasteiger partial charge in [0.05, 0.1) is 15.5 Å². The molecule has 2 N–H and O–H groups in total. The zero-order valence-electron chi connectivity index (χ0n) is 14.3. The van der Waals surface area contributed by atoms with E-state index >= 15 is 0 Å². The molecule has 0 bridgehead atoms. The second kappa shape index (κ2) is 6.58. The van der Waals surface area contributed by atoms with Crippen LogP contribution in [0.25, 0.3) is 0 Å². The van der Waals surface area contributed by atoms with Crippen molar-refractivity contribution >= 4 is 27.2 Å². The lowest BCUT2D eigenvalue weighted by molar-refractivity contribution is 0.0960. The molecule has 0 unspecified atom stereocenters. The van der Waals surface area contributed by atoms with E-state index < -0.39 is 27.3 Å². The number of halogens is 1. The fraction of sp³-hybridized carbons (Fsp3) is 0. The number of ketones is 1. The fourth-order valence-electron chi connectivity index (χ4n) is 2.96. The van der Waals surface area contributed by atoms with Crippen LogP contribution in [0.4, 0.5) is 10.1 Å². The molecule has 0 aromatic heterocycles. The smallest absolute Gasteiger partial charge is 0.269 e. The predicted octanol–water partition coefficient (Wildman–Crippen LogP) is 2.96. The third-order valence-corrected chi connectivity index (χ3v) is 6.22. The lowest BCUT2D eigenvalue weighted by Gasteiger charge is -2.19. The van der Waals surface area contributed by atoms with Crippen molar-refractivity contribution in [2.75, 3.05) is 5.43 Å². The summed E-state index contributed by atoms with van der Waals surface area (Å²) >= 11 is 0. The van der Waals surface area contributed by atoms with Crippen molar-refractivity contribution in [3.8, 4) is 0 Å². The summed E-state index contributed by atoms with van der Waals surface area (Å²) in [5, 5.41) is 0. The minimum Gasteiger partial charge on any atom is -0.298 e. The molecule has 0 aliphatic carbocycles. The number of sulfone groups is 1. The molecule has 140 valence electrons. The molecule has 1 amide bonds. The van der Waals surface area contributed by atoms with Crippen LogP contribution in [0.2, 0.25) is 0 Å². The first kappa shape index (κ1) is 17.9. The SMILES string of the molecule is O=C(NNc1ccc(F)cc1)c1ccc2c(c1)S(=O)(=O)c1ccccc1C2=O. The summed E-state index contributed by atoms with van der Waals surface area (Å²) in [6, 6.07) is 15.2. The van der Waals surface area contributed by atoms with Crippen molar-refractivity contribution in [3.05, 3.63) is 89.2 Å². The molecule has 1 heterocycles. The van der Waals surface area contributed by atoms with Gasteiger partial charge in [0.15, 0.2) is 5.78 Å². The van der Waals surface area contributed by atoms with Crippen LogP contribution < -0.4 is 10.9 Å². The topological polar surface area (TPSA) is 92.3 Å². The number of amides is 1. The summed E-state index contributed by atoms with van der Waals surface area (Å²) in [5.41, 5.74) is 5.67. The average Bonchev–Trinajstić information content (AvgIpc) is 2.71. The van der Waals surface area contributed by atoms with E-state index in [0.29, 0.717) is 5.69 Å². The van der Waals surface area contributed by atoms with E-state index in [1.807, 2.05) is 0 Å². The van der Waals surface area contributed by atoms with Crippen LogP contribution >= 0.6 is 0 Å². The summed E-state index contributed by atoms with van der Waals surface area (Å²) in [6.07, 6.45) is 0. The molecule has 3 aromatic carbocycles. The fourth-order valence-corrected chi connectivity index (χ4v) is 4.64. The minimum absolute atomic E-state index is 0.0294. The van der Waals surface area contributed by atoms with E-state index in [4.69, 9.17) is 0 Å².